The van der Waals surface area contributed by atoms with Crippen molar-refractivity contribution in [2.45, 2.75) is 6.18 Å². The number of alkyl halides is 3. The minimum Gasteiger partial charge on any atom is -0.318 e. The van der Waals surface area contributed by atoms with Gasteiger partial charge in [-0.3, -0.25) is 4.79 Å². The third-order valence-corrected chi connectivity index (χ3v) is 3.88. The van der Waals surface area contributed by atoms with Gasteiger partial charge in [-0.1, -0.05) is 36.4 Å². The minimum atomic E-state index is -4.95. The van der Waals surface area contributed by atoms with Gasteiger partial charge in [0.2, 0.25) is 0 Å². The molecule has 0 fully saturated rings. The van der Waals surface area contributed by atoms with Crippen LogP contribution < -0.4 is 5.32 Å². The number of fused-ring (bicyclic) bond motifs is 2. The number of carbonyl (C=O) groups excluding carboxylic acids is 1. The van der Waals surface area contributed by atoms with Crippen LogP contribution >= 0.6 is 0 Å². The number of nitrogens with zero attached hydrogens (tertiary/aromatic N) is 3. The molecule has 1 aromatic heterocycles. The summed E-state index contributed by atoms with van der Waals surface area (Å²) < 4.78 is 37.1. The van der Waals surface area contributed by atoms with Gasteiger partial charge in [-0.2, -0.15) is 13.2 Å². The van der Waals surface area contributed by atoms with Crippen LogP contribution in [0.4, 0.5) is 18.9 Å². The minimum absolute atomic E-state index is 0.00444. The number of nitrogens with one attached hydrogen (secondary N) is 1. The summed E-state index contributed by atoms with van der Waals surface area (Å²) in [5.41, 5.74) is 1.63. The molecular weight excluding hydrogens is 345 g/mol. The number of aromatic nitrogens is 3. The van der Waals surface area contributed by atoms with Gasteiger partial charge in [-0.05, 0) is 29.7 Å². The maximum Gasteiger partial charge on any atom is 0.471 e. The first kappa shape index (κ1) is 16.1. The third kappa shape index (κ3) is 2.85. The zero-order valence-corrected chi connectivity index (χ0v) is 13.2. The number of hydrogen-bond donors (Lipinski definition) is 1. The second kappa shape index (κ2) is 5.83. The van der Waals surface area contributed by atoms with E-state index in [1.807, 2.05) is 47.8 Å². The van der Waals surface area contributed by atoms with Crippen molar-refractivity contribution in [2.75, 3.05) is 5.32 Å². The van der Waals surface area contributed by atoms with Crippen molar-refractivity contribution >= 4 is 33.4 Å². The number of amides is 1. The standard InChI is InChI=1S/C18H11F3N4O/c19-18(20,21)17(26)22-12-8-9-14-15(10-12)24-25(23-14)16-7-3-5-11-4-1-2-6-13(11)16/h1-10H,(H,22,26). The first-order chi connectivity index (χ1) is 12.4. The molecule has 3 aromatic carbocycles. The monoisotopic (exact) mass is 356 g/mol. The Bertz CT molecular complexity index is 1130. The maximum atomic E-state index is 12.4. The Morgan fingerprint density at radius 1 is 0.923 bits per heavy atom. The Balaban J connectivity index is 1.75. The average molecular weight is 356 g/mol. The lowest BCUT2D eigenvalue weighted by molar-refractivity contribution is -0.167. The number of hydrogen-bond acceptors (Lipinski definition) is 3. The van der Waals surface area contributed by atoms with E-state index in [0.717, 1.165) is 16.5 Å². The van der Waals surface area contributed by atoms with Crippen molar-refractivity contribution < 1.29 is 18.0 Å². The molecule has 5 nitrogen and oxygen atoms in total. The topological polar surface area (TPSA) is 59.8 Å². The summed E-state index contributed by atoms with van der Waals surface area (Å²) in [4.78, 5) is 12.5. The first-order valence-electron chi connectivity index (χ1n) is 7.65. The highest BCUT2D eigenvalue weighted by molar-refractivity contribution is 5.96. The Morgan fingerprint density at radius 3 is 2.46 bits per heavy atom. The molecule has 4 rings (SSSR count). The van der Waals surface area contributed by atoms with E-state index < -0.39 is 12.1 Å². The predicted molar refractivity (Wildman–Crippen MR) is 91.1 cm³/mol. The summed E-state index contributed by atoms with van der Waals surface area (Å²) >= 11 is 0. The van der Waals surface area contributed by atoms with Crippen LogP contribution in [0.2, 0.25) is 0 Å². The summed E-state index contributed by atoms with van der Waals surface area (Å²) in [6.07, 6.45) is -4.95. The lowest BCUT2D eigenvalue weighted by Gasteiger charge is -2.07. The van der Waals surface area contributed by atoms with Crippen LogP contribution in [0.25, 0.3) is 27.5 Å². The normalized spacial score (nSPS) is 11.8. The fourth-order valence-corrected chi connectivity index (χ4v) is 2.68. The largest absolute Gasteiger partial charge is 0.471 e. The average Bonchev–Trinajstić information content (AvgIpc) is 3.03. The summed E-state index contributed by atoms with van der Waals surface area (Å²) in [7, 11) is 0. The lowest BCUT2D eigenvalue weighted by atomic mass is 10.1. The molecule has 0 aliphatic carbocycles. The molecule has 0 atom stereocenters. The molecule has 0 radical (unpaired) electrons. The van der Waals surface area contributed by atoms with Crippen molar-refractivity contribution in [3.05, 3.63) is 60.7 Å². The molecule has 0 aliphatic heterocycles. The van der Waals surface area contributed by atoms with Crippen LogP contribution in [0, 0.1) is 0 Å². The van der Waals surface area contributed by atoms with E-state index in [9.17, 15) is 18.0 Å². The van der Waals surface area contributed by atoms with Crippen LogP contribution in [0.1, 0.15) is 0 Å². The van der Waals surface area contributed by atoms with Crippen molar-refractivity contribution in [1.29, 1.82) is 0 Å². The van der Waals surface area contributed by atoms with Crippen LogP contribution in [-0.4, -0.2) is 27.1 Å². The second-order valence-electron chi connectivity index (χ2n) is 5.64. The summed E-state index contributed by atoms with van der Waals surface area (Å²) in [6.45, 7) is 0. The molecule has 26 heavy (non-hydrogen) atoms. The molecule has 0 saturated carbocycles. The van der Waals surface area contributed by atoms with Gasteiger partial charge in [0.1, 0.15) is 11.0 Å². The van der Waals surface area contributed by atoms with E-state index >= 15 is 0 Å². The molecule has 0 saturated heterocycles. The molecule has 1 heterocycles. The predicted octanol–water partition coefficient (Wildman–Crippen LogP) is 4.07. The molecule has 0 aliphatic rings. The van der Waals surface area contributed by atoms with Gasteiger partial charge < -0.3 is 5.32 Å². The van der Waals surface area contributed by atoms with Crippen molar-refractivity contribution in [3.8, 4) is 5.69 Å². The number of benzene rings is 3. The highest BCUT2D eigenvalue weighted by Crippen LogP contribution is 2.24. The Labute approximate surface area is 145 Å². The highest BCUT2D eigenvalue weighted by atomic mass is 19.4. The highest BCUT2D eigenvalue weighted by Gasteiger charge is 2.38. The van der Waals surface area contributed by atoms with Crippen LogP contribution in [-0.2, 0) is 4.79 Å². The van der Waals surface area contributed by atoms with E-state index in [1.54, 1.807) is 0 Å². The van der Waals surface area contributed by atoms with E-state index in [4.69, 9.17) is 0 Å². The van der Waals surface area contributed by atoms with E-state index in [-0.39, 0.29) is 5.69 Å². The van der Waals surface area contributed by atoms with E-state index in [2.05, 4.69) is 10.2 Å². The molecule has 1 N–H and O–H groups in total. The Hall–Kier alpha value is -3.42. The molecule has 4 aromatic rings. The molecule has 0 spiro atoms. The molecule has 0 unspecified atom stereocenters. The fourth-order valence-electron chi connectivity index (χ4n) is 2.68. The Morgan fingerprint density at radius 2 is 1.65 bits per heavy atom. The van der Waals surface area contributed by atoms with E-state index in [1.165, 1.54) is 23.0 Å². The van der Waals surface area contributed by atoms with Gasteiger partial charge in [0.25, 0.3) is 0 Å². The lowest BCUT2D eigenvalue weighted by Crippen LogP contribution is -2.29. The second-order valence-corrected chi connectivity index (χ2v) is 5.64. The van der Waals surface area contributed by atoms with Gasteiger partial charge in [0.15, 0.2) is 0 Å². The zero-order valence-electron chi connectivity index (χ0n) is 13.2. The van der Waals surface area contributed by atoms with Crippen molar-refractivity contribution in [3.63, 3.8) is 0 Å². The summed E-state index contributed by atoms with van der Waals surface area (Å²) in [5, 5.41) is 12.5. The molecule has 130 valence electrons. The zero-order chi connectivity index (χ0) is 18.3. The molecule has 8 heteroatoms. The summed E-state index contributed by atoms with van der Waals surface area (Å²) in [6, 6.07) is 17.6. The van der Waals surface area contributed by atoms with Gasteiger partial charge >= 0.3 is 12.1 Å². The van der Waals surface area contributed by atoms with Crippen LogP contribution in [0.15, 0.2) is 60.7 Å². The van der Waals surface area contributed by atoms with Gasteiger partial charge in [-0.25, -0.2) is 0 Å². The van der Waals surface area contributed by atoms with Crippen LogP contribution in [0.3, 0.4) is 0 Å². The fraction of sp³-hybridized carbons (Fsp3) is 0.0556. The smallest absolute Gasteiger partial charge is 0.318 e. The first-order valence-corrected chi connectivity index (χ1v) is 7.65. The number of carbonyl (C=O) groups is 1. The maximum absolute atomic E-state index is 12.4. The molecule has 1 amide bonds. The number of anilines is 1. The Kier molecular flexibility index (Phi) is 3.61. The van der Waals surface area contributed by atoms with Crippen molar-refractivity contribution in [1.82, 2.24) is 15.0 Å². The van der Waals surface area contributed by atoms with Gasteiger partial charge in [-0.15, -0.1) is 15.0 Å². The van der Waals surface area contributed by atoms with Crippen LogP contribution in [0.5, 0.6) is 0 Å². The number of halogens is 3. The van der Waals surface area contributed by atoms with Gasteiger partial charge in [0, 0.05) is 11.1 Å². The number of rotatable bonds is 2. The van der Waals surface area contributed by atoms with Crippen molar-refractivity contribution in [2.24, 2.45) is 0 Å². The quantitative estimate of drug-likeness (QED) is 0.589. The van der Waals surface area contributed by atoms with Gasteiger partial charge in [0.05, 0.1) is 5.69 Å². The third-order valence-electron chi connectivity index (χ3n) is 3.88. The summed E-state index contributed by atoms with van der Waals surface area (Å²) in [5.74, 6) is -2.03. The molecule has 0 bridgehead atoms. The molecular formula is C18H11F3N4O. The van der Waals surface area contributed by atoms with E-state index in [0.29, 0.717) is 11.0 Å². The SMILES string of the molecule is O=C(Nc1ccc2nn(-c3cccc4ccccc34)nc2c1)C(F)(F)F.